The molecule has 0 radical (unpaired) electrons. The molecule has 1 amide bonds. The third-order valence-electron chi connectivity index (χ3n) is 4.17. The molecule has 1 N–H and O–H groups in total. The van der Waals surface area contributed by atoms with Crippen molar-refractivity contribution in [2.75, 3.05) is 11.1 Å². The topological polar surface area (TPSA) is 111 Å². The van der Waals surface area contributed by atoms with Crippen molar-refractivity contribution in [2.45, 2.75) is 22.5 Å². The lowest BCUT2D eigenvalue weighted by atomic mass is 10.3. The maximum Gasteiger partial charge on any atom is 0.291 e. The largest absolute Gasteiger partial charge is 0.455 e. The zero-order valence-corrected chi connectivity index (χ0v) is 17.2. The van der Waals surface area contributed by atoms with Gasteiger partial charge in [-0.2, -0.15) is 0 Å². The van der Waals surface area contributed by atoms with Crippen LogP contribution < -0.4 is 5.32 Å². The summed E-state index contributed by atoms with van der Waals surface area (Å²) >= 11 is 0. The number of carbonyl (C=O) groups is 1. The van der Waals surface area contributed by atoms with Gasteiger partial charge in [0.2, 0.25) is 0 Å². The Hall–Kier alpha value is -2.91. The Morgan fingerprint density at radius 2 is 1.45 bits per heavy atom. The number of sulfone groups is 2. The molecule has 29 heavy (non-hydrogen) atoms. The second kappa shape index (κ2) is 8.22. The van der Waals surface area contributed by atoms with Crippen LogP contribution >= 0.6 is 0 Å². The van der Waals surface area contributed by atoms with Crippen LogP contribution in [0, 0.1) is 0 Å². The van der Waals surface area contributed by atoms with Gasteiger partial charge < -0.3 is 9.73 Å². The molecular weight excluding hydrogens is 414 g/mol. The SMILES string of the molecule is CCS(=O)(=O)c1ccc(NC(=O)c2ccc(CS(=O)(=O)c3ccccc3)o2)cc1. The molecule has 0 unspecified atom stereocenters. The maximum absolute atomic E-state index is 12.4. The highest BCUT2D eigenvalue weighted by atomic mass is 32.2. The van der Waals surface area contributed by atoms with Crippen LogP contribution in [0.1, 0.15) is 23.2 Å². The average molecular weight is 434 g/mol. The highest BCUT2D eigenvalue weighted by Crippen LogP contribution is 2.20. The number of rotatable bonds is 7. The predicted molar refractivity (Wildman–Crippen MR) is 108 cm³/mol. The lowest BCUT2D eigenvalue weighted by Gasteiger charge is -2.05. The lowest BCUT2D eigenvalue weighted by Crippen LogP contribution is -2.11. The first-order chi connectivity index (χ1) is 13.7. The Balaban J connectivity index is 1.70. The Morgan fingerprint density at radius 3 is 2.07 bits per heavy atom. The van der Waals surface area contributed by atoms with Crippen molar-refractivity contribution >= 4 is 31.3 Å². The third kappa shape index (κ3) is 4.93. The predicted octanol–water partition coefficient (Wildman–Crippen LogP) is 3.30. The number of hydrogen-bond acceptors (Lipinski definition) is 6. The van der Waals surface area contributed by atoms with Gasteiger partial charge in [0.15, 0.2) is 25.4 Å². The van der Waals surface area contributed by atoms with Gasteiger partial charge in [-0.1, -0.05) is 25.1 Å². The Labute approximate surface area is 169 Å². The van der Waals surface area contributed by atoms with Crippen LogP contribution in [0.5, 0.6) is 0 Å². The van der Waals surface area contributed by atoms with Crippen LogP contribution in [0.4, 0.5) is 5.69 Å². The van der Waals surface area contributed by atoms with Gasteiger partial charge in [0, 0.05) is 5.69 Å². The van der Waals surface area contributed by atoms with Crippen molar-refractivity contribution in [3.63, 3.8) is 0 Å². The summed E-state index contributed by atoms with van der Waals surface area (Å²) in [7, 11) is -6.91. The molecule has 152 valence electrons. The van der Waals surface area contributed by atoms with Crippen LogP contribution in [0.3, 0.4) is 0 Å². The molecule has 2 aromatic carbocycles. The summed E-state index contributed by atoms with van der Waals surface area (Å²) in [6.45, 7) is 1.55. The molecule has 0 saturated carbocycles. The van der Waals surface area contributed by atoms with Crippen LogP contribution in [0.2, 0.25) is 0 Å². The maximum atomic E-state index is 12.4. The lowest BCUT2D eigenvalue weighted by molar-refractivity contribution is 0.0995. The van der Waals surface area contributed by atoms with Gasteiger partial charge in [0.05, 0.1) is 15.5 Å². The van der Waals surface area contributed by atoms with Crippen LogP contribution in [-0.4, -0.2) is 28.5 Å². The average Bonchev–Trinajstić information content (AvgIpc) is 3.17. The van der Waals surface area contributed by atoms with Gasteiger partial charge in [-0.3, -0.25) is 4.79 Å². The summed E-state index contributed by atoms with van der Waals surface area (Å²) in [6.07, 6.45) is 0. The molecule has 0 atom stereocenters. The minimum atomic E-state index is -3.59. The number of carbonyl (C=O) groups excluding carboxylic acids is 1. The summed E-state index contributed by atoms with van der Waals surface area (Å²) in [5, 5.41) is 2.59. The molecule has 0 spiro atoms. The fourth-order valence-corrected chi connectivity index (χ4v) is 4.73. The normalized spacial score (nSPS) is 11.9. The number of furan rings is 1. The number of anilines is 1. The number of nitrogens with one attached hydrogen (secondary N) is 1. The summed E-state index contributed by atoms with van der Waals surface area (Å²) in [5.41, 5.74) is 0.389. The molecule has 3 rings (SSSR count). The van der Waals surface area contributed by atoms with Gasteiger partial charge >= 0.3 is 0 Å². The second-order valence-corrected chi connectivity index (χ2v) is 10.5. The standard InChI is InChI=1S/C20H19NO6S2/c1-2-28(23,24)18-11-8-15(9-12-18)21-20(22)19-13-10-16(27-19)14-29(25,26)17-6-4-3-5-7-17/h3-13H,2,14H2,1H3,(H,21,22). The Bertz CT molecular complexity index is 1210. The molecule has 1 aromatic heterocycles. The van der Waals surface area contributed by atoms with E-state index in [1.807, 2.05) is 0 Å². The molecular formula is C20H19NO6S2. The van der Waals surface area contributed by atoms with E-state index in [2.05, 4.69) is 5.32 Å². The molecule has 0 bridgehead atoms. The summed E-state index contributed by atoms with van der Waals surface area (Å²) in [4.78, 5) is 12.7. The van der Waals surface area contributed by atoms with Gasteiger partial charge in [0.1, 0.15) is 11.5 Å². The molecule has 7 nitrogen and oxygen atoms in total. The first-order valence-corrected chi connectivity index (χ1v) is 12.0. The molecule has 0 saturated heterocycles. The Morgan fingerprint density at radius 1 is 0.828 bits per heavy atom. The number of hydrogen-bond donors (Lipinski definition) is 1. The highest BCUT2D eigenvalue weighted by molar-refractivity contribution is 7.91. The van der Waals surface area contributed by atoms with Crippen LogP contribution in [0.15, 0.2) is 80.9 Å². The van der Waals surface area contributed by atoms with E-state index in [0.29, 0.717) is 5.69 Å². The fourth-order valence-electron chi connectivity index (χ4n) is 2.58. The van der Waals surface area contributed by atoms with E-state index in [1.165, 1.54) is 48.5 Å². The quantitative estimate of drug-likeness (QED) is 0.612. The van der Waals surface area contributed by atoms with E-state index in [4.69, 9.17) is 4.42 Å². The molecule has 3 aromatic rings. The summed E-state index contributed by atoms with van der Waals surface area (Å²) < 4.78 is 53.8. The van der Waals surface area contributed by atoms with E-state index in [9.17, 15) is 21.6 Å². The zero-order chi connectivity index (χ0) is 21.1. The second-order valence-electron chi connectivity index (χ2n) is 6.22. The van der Waals surface area contributed by atoms with E-state index in [1.54, 1.807) is 25.1 Å². The van der Waals surface area contributed by atoms with Gasteiger partial charge in [0.25, 0.3) is 5.91 Å². The smallest absolute Gasteiger partial charge is 0.291 e. The number of amides is 1. The zero-order valence-electron chi connectivity index (χ0n) is 15.5. The Kier molecular flexibility index (Phi) is 5.90. The highest BCUT2D eigenvalue weighted by Gasteiger charge is 2.19. The molecule has 9 heteroatoms. The van der Waals surface area contributed by atoms with E-state index < -0.39 is 25.6 Å². The molecule has 0 aliphatic heterocycles. The molecule has 0 aliphatic carbocycles. The first-order valence-electron chi connectivity index (χ1n) is 8.72. The summed E-state index contributed by atoms with van der Waals surface area (Å²) in [6, 6.07) is 16.6. The number of benzene rings is 2. The monoisotopic (exact) mass is 433 g/mol. The van der Waals surface area contributed by atoms with Gasteiger partial charge in [-0.15, -0.1) is 0 Å². The van der Waals surface area contributed by atoms with Crippen molar-refractivity contribution in [1.82, 2.24) is 0 Å². The van der Waals surface area contributed by atoms with Crippen molar-refractivity contribution in [2.24, 2.45) is 0 Å². The van der Waals surface area contributed by atoms with Gasteiger partial charge in [-0.05, 0) is 48.5 Å². The van der Waals surface area contributed by atoms with Crippen molar-refractivity contribution in [3.05, 3.63) is 78.3 Å². The first kappa shape index (κ1) is 20.8. The van der Waals surface area contributed by atoms with Crippen molar-refractivity contribution in [3.8, 4) is 0 Å². The van der Waals surface area contributed by atoms with E-state index in [0.717, 1.165) is 0 Å². The minimum Gasteiger partial charge on any atom is -0.455 e. The molecule has 0 fully saturated rings. The van der Waals surface area contributed by atoms with Gasteiger partial charge in [-0.25, -0.2) is 16.8 Å². The van der Waals surface area contributed by atoms with Crippen LogP contribution in [-0.2, 0) is 25.4 Å². The molecule has 0 aliphatic rings. The van der Waals surface area contributed by atoms with Crippen LogP contribution in [0.25, 0.3) is 0 Å². The molecule has 1 heterocycles. The van der Waals surface area contributed by atoms with E-state index >= 15 is 0 Å². The fraction of sp³-hybridized carbons (Fsp3) is 0.150. The van der Waals surface area contributed by atoms with E-state index in [-0.39, 0.29) is 32.8 Å². The van der Waals surface area contributed by atoms with Crippen molar-refractivity contribution in [1.29, 1.82) is 0 Å². The minimum absolute atomic E-state index is 0.0141. The summed E-state index contributed by atoms with van der Waals surface area (Å²) in [5.74, 6) is -0.857. The third-order valence-corrected chi connectivity index (χ3v) is 7.58. The van der Waals surface area contributed by atoms with Crippen molar-refractivity contribution < 1.29 is 26.0 Å².